The Morgan fingerprint density at radius 1 is 0.848 bits per heavy atom. The van der Waals surface area contributed by atoms with Crippen LogP contribution in [0.2, 0.25) is 0 Å². The molecule has 5 rings (SSSR count). The number of aryl methyl sites for hydroxylation is 1. The SMILES string of the molecule is Cc1cccc2c1N(C(=O)COc1ccccc1)CCCN(Cc1ccccc1)CCCN(C(=O)Cn1cc(C(F)(F)F)cn1)C2. The van der Waals surface area contributed by atoms with Crippen LogP contribution in [-0.2, 0) is 35.4 Å². The normalized spacial score (nSPS) is 15.0. The summed E-state index contributed by atoms with van der Waals surface area (Å²) in [6, 6.07) is 25.0. The zero-order chi connectivity index (χ0) is 32.5. The lowest BCUT2D eigenvalue weighted by Gasteiger charge is -2.32. The standard InChI is InChI=1S/C35H38F3N5O3/c1-27-11-8-14-29-23-41(32(44)25-42-24-30(21-39-42)35(36,37)38)19-9-17-40(22-28-12-4-2-5-13-28)18-10-20-43(34(27)29)33(45)26-46-31-15-6-3-7-16-31/h2-8,11-16,21,24H,9-10,17-20,22-23,25-26H2,1H3. The van der Waals surface area contributed by atoms with E-state index < -0.39 is 11.7 Å². The maximum atomic E-state index is 13.8. The Morgan fingerprint density at radius 3 is 2.24 bits per heavy atom. The third-order valence-corrected chi connectivity index (χ3v) is 7.98. The maximum absolute atomic E-state index is 13.8. The topological polar surface area (TPSA) is 70.9 Å². The molecule has 2 heterocycles. The van der Waals surface area contributed by atoms with Crippen molar-refractivity contribution in [2.75, 3.05) is 37.7 Å². The zero-order valence-electron chi connectivity index (χ0n) is 25.8. The van der Waals surface area contributed by atoms with Gasteiger partial charge in [0, 0.05) is 45.5 Å². The van der Waals surface area contributed by atoms with Gasteiger partial charge in [-0.2, -0.15) is 18.3 Å². The Bertz CT molecular complexity index is 1590. The number of rotatable bonds is 7. The summed E-state index contributed by atoms with van der Waals surface area (Å²) in [5.41, 5.74) is 2.62. The predicted molar refractivity (Wildman–Crippen MR) is 169 cm³/mol. The van der Waals surface area contributed by atoms with E-state index in [0.717, 1.165) is 52.4 Å². The molecule has 3 aromatic carbocycles. The minimum Gasteiger partial charge on any atom is -0.484 e. The fourth-order valence-electron chi connectivity index (χ4n) is 5.72. The highest BCUT2D eigenvalue weighted by Gasteiger charge is 2.32. The highest BCUT2D eigenvalue weighted by Crippen LogP contribution is 2.30. The summed E-state index contributed by atoms with van der Waals surface area (Å²) < 4.78 is 46.5. The van der Waals surface area contributed by atoms with E-state index in [-0.39, 0.29) is 31.5 Å². The van der Waals surface area contributed by atoms with Crippen molar-refractivity contribution in [2.24, 2.45) is 0 Å². The maximum Gasteiger partial charge on any atom is 0.419 e. The van der Waals surface area contributed by atoms with Gasteiger partial charge in [0.15, 0.2) is 6.61 Å². The first-order valence-corrected chi connectivity index (χ1v) is 15.4. The van der Waals surface area contributed by atoms with E-state index in [4.69, 9.17) is 4.74 Å². The summed E-state index contributed by atoms with van der Waals surface area (Å²) in [6.45, 7) is 4.59. The molecule has 0 radical (unpaired) electrons. The van der Waals surface area contributed by atoms with Crippen LogP contribution in [-0.4, -0.2) is 64.2 Å². The summed E-state index contributed by atoms with van der Waals surface area (Å²) in [4.78, 5) is 33.2. The number of ether oxygens (including phenoxy) is 1. The highest BCUT2D eigenvalue weighted by atomic mass is 19.4. The molecule has 0 aliphatic carbocycles. The number of aromatic nitrogens is 2. The van der Waals surface area contributed by atoms with Crippen molar-refractivity contribution in [1.29, 1.82) is 0 Å². The van der Waals surface area contributed by atoms with Gasteiger partial charge in [0.05, 0.1) is 17.4 Å². The number of hydrogen-bond donors (Lipinski definition) is 0. The predicted octanol–water partition coefficient (Wildman–Crippen LogP) is 5.95. The molecule has 11 heteroatoms. The van der Waals surface area contributed by atoms with Gasteiger partial charge in [-0.3, -0.25) is 19.2 Å². The Hall–Kier alpha value is -4.64. The lowest BCUT2D eigenvalue weighted by molar-refractivity contribution is -0.138. The van der Waals surface area contributed by atoms with Crippen LogP contribution in [0.25, 0.3) is 0 Å². The third kappa shape index (κ3) is 8.75. The number of nitrogens with zero attached hydrogens (tertiary/aromatic N) is 5. The van der Waals surface area contributed by atoms with Crippen LogP contribution in [0.3, 0.4) is 0 Å². The molecule has 46 heavy (non-hydrogen) atoms. The van der Waals surface area contributed by atoms with Gasteiger partial charge in [0.1, 0.15) is 12.3 Å². The van der Waals surface area contributed by atoms with Crippen molar-refractivity contribution in [3.63, 3.8) is 0 Å². The van der Waals surface area contributed by atoms with Crippen LogP contribution in [0.5, 0.6) is 5.75 Å². The second-order valence-corrected chi connectivity index (χ2v) is 11.4. The summed E-state index contributed by atoms with van der Waals surface area (Å²) in [5, 5.41) is 3.79. The van der Waals surface area contributed by atoms with E-state index in [1.165, 1.54) is 0 Å². The quantitative estimate of drug-likeness (QED) is 0.252. The molecule has 0 unspecified atom stereocenters. The first-order valence-electron chi connectivity index (χ1n) is 15.4. The van der Waals surface area contributed by atoms with Gasteiger partial charge in [-0.15, -0.1) is 0 Å². The molecule has 0 bridgehead atoms. The second kappa shape index (κ2) is 15.1. The molecule has 0 saturated carbocycles. The molecule has 0 N–H and O–H groups in total. The monoisotopic (exact) mass is 633 g/mol. The fourth-order valence-corrected chi connectivity index (χ4v) is 5.72. The second-order valence-electron chi connectivity index (χ2n) is 11.4. The molecule has 1 aliphatic rings. The first kappa shape index (κ1) is 32.7. The molecule has 0 fully saturated rings. The van der Waals surface area contributed by atoms with E-state index in [1.54, 1.807) is 21.9 Å². The molecule has 0 saturated heterocycles. The molecule has 1 aliphatic heterocycles. The largest absolute Gasteiger partial charge is 0.484 e. The number of halogens is 3. The van der Waals surface area contributed by atoms with Crippen molar-refractivity contribution in [1.82, 2.24) is 19.6 Å². The first-order chi connectivity index (χ1) is 22.2. The van der Waals surface area contributed by atoms with Crippen molar-refractivity contribution < 1.29 is 27.5 Å². The van der Waals surface area contributed by atoms with Gasteiger partial charge in [0.2, 0.25) is 5.91 Å². The molecular formula is C35H38F3N5O3. The minimum absolute atomic E-state index is 0.158. The number of alkyl halides is 3. The Labute approximate surface area is 267 Å². The zero-order valence-corrected chi connectivity index (χ0v) is 25.8. The Morgan fingerprint density at radius 2 is 1.54 bits per heavy atom. The van der Waals surface area contributed by atoms with Crippen LogP contribution < -0.4 is 9.64 Å². The average Bonchev–Trinajstić information content (AvgIpc) is 3.51. The summed E-state index contributed by atoms with van der Waals surface area (Å²) in [5.74, 6) is 0.0229. The van der Waals surface area contributed by atoms with Crippen LogP contribution in [0, 0.1) is 6.92 Å². The molecule has 8 nitrogen and oxygen atoms in total. The lowest BCUT2D eigenvalue weighted by atomic mass is 10.0. The summed E-state index contributed by atoms with van der Waals surface area (Å²) in [7, 11) is 0. The smallest absolute Gasteiger partial charge is 0.419 e. The van der Waals surface area contributed by atoms with Crippen LogP contribution >= 0.6 is 0 Å². The van der Waals surface area contributed by atoms with Crippen LogP contribution in [0.15, 0.2) is 91.3 Å². The molecule has 2 amide bonds. The number of para-hydroxylation sites is 2. The van der Waals surface area contributed by atoms with Gasteiger partial charge in [-0.25, -0.2) is 0 Å². The van der Waals surface area contributed by atoms with Gasteiger partial charge in [-0.05, 0) is 48.6 Å². The number of carbonyl (C=O) groups excluding carboxylic acids is 2. The van der Waals surface area contributed by atoms with Crippen molar-refractivity contribution in [3.05, 3.63) is 114 Å². The third-order valence-electron chi connectivity index (χ3n) is 7.98. The van der Waals surface area contributed by atoms with Crippen molar-refractivity contribution in [3.8, 4) is 5.75 Å². The molecule has 242 valence electrons. The average molecular weight is 634 g/mol. The molecule has 0 atom stereocenters. The molecular weight excluding hydrogens is 595 g/mol. The fraction of sp³-hybridized carbons (Fsp3) is 0.343. The van der Waals surface area contributed by atoms with Crippen LogP contribution in [0.4, 0.5) is 18.9 Å². The van der Waals surface area contributed by atoms with E-state index in [2.05, 4.69) is 22.1 Å². The van der Waals surface area contributed by atoms with Crippen LogP contribution in [0.1, 0.15) is 35.1 Å². The van der Waals surface area contributed by atoms with Gasteiger partial charge in [0.25, 0.3) is 5.91 Å². The minimum atomic E-state index is -4.55. The van der Waals surface area contributed by atoms with E-state index in [0.29, 0.717) is 38.3 Å². The molecule has 1 aromatic heterocycles. The number of hydrogen-bond acceptors (Lipinski definition) is 5. The summed E-state index contributed by atoms with van der Waals surface area (Å²) in [6.07, 6.45) is -1.58. The number of fused-ring (bicyclic) bond motifs is 1. The van der Waals surface area contributed by atoms with E-state index in [9.17, 15) is 22.8 Å². The molecule has 4 aromatic rings. The lowest BCUT2D eigenvalue weighted by Crippen LogP contribution is -2.41. The number of carbonyl (C=O) groups is 2. The van der Waals surface area contributed by atoms with Gasteiger partial charge >= 0.3 is 6.18 Å². The number of benzene rings is 3. The Balaban J connectivity index is 1.43. The summed E-state index contributed by atoms with van der Waals surface area (Å²) >= 11 is 0. The van der Waals surface area contributed by atoms with Gasteiger partial charge in [-0.1, -0.05) is 66.7 Å². The molecule has 0 spiro atoms. The van der Waals surface area contributed by atoms with Crippen molar-refractivity contribution >= 4 is 17.5 Å². The van der Waals surface area contributed by atoms with E-state index in [1.807, 2.05) is 61.5 Å². The Kier molecular flexibility index (Phi) is 10.7. The highest BCUT2D eigenvalue weighted by molar-refractivity contribution is 5.96. The number of amides is 2. The van der Waals surface area contributed by atoms with Gasteiger partial charge < -0.3 is 14.5 Å². The number of anilines is 1. The van der Waals surface area contributed by atoms with E-state index >= 15 is 0 Å². The van der Waals surface area contributed by atoms with Crippen molar-refractivity contribution in [2.45, 2.75) is 45.6 Å².